The molecule has 0 spiro atoms. The van der Waals surface area contributed by atoms with Gasteiger partial charge in [-0.2, -0.15) is 8.78 Å². The number of nitrogens with one attached hydrogen (secondary N) is 1. The first-order valence-corrected chi connectivity index (χ1v) is 7.47. The molecule has 25 heavy (non-hydrogen) atoms. The van der Waals surface area contributed by atoms with Crippen molar-refractivity contribution >= 4 is 11.9 Å². The molecule has 1 aromatic rings. The second-order valence-electron chi connectivity index (χ2n) is 5.78. The van der Waals surface area contributed by atoms with Crippen LogP contribution in [0.2, 0.25) is 0 Å². The molecule has 0 radical (unpaired) electrons. The molecule has 0 unspecified atom stereocenters. The van der Waals surface area contributed by atoms with Crippen molar-refractivity contribution in [3.63, 3.8) is 0 Å². The highest BCUT2D eigenvalue weighted by molar-refractivity contribution is 5.97. The van der Waals surface area contributed by atoms with E-state index in [9.17, 15) is 32.3 Å². The van der Waals surface area contributed by atoms with E-state index in [-0.39, 0.29) is 11.4 Å². The summed E-state index contributed by atoms with van der Waals surface area (Å²) in [5.41, 5.74) is -1.33. The maximum atomic E-state index is 12.8. The number of halogens is 4. The third kappa shape index (κ3) is 4.37. The third-order valence-corrected chi connectivity index (χ3v) is 3.95. The minimum atomic E-state index is -4.31. The Balaban J connectivity index is 1.99. The predicted octanol–water partition coefficient (Wildman–Crippen LogP) is 2.49. The summed E-state index contributed by atoms with van der Waals surface area (Å²) in [6.45, 7) is -1.55. The fraction of sp³-hybridized carbons (Fsp3) is 0.533. The van der Waals surface area contributed by atoms with Crippen LogP contribution in [0.25, 0.3) is 0 Å². The van der Waals surface area contributed by atoms with Gasteiger partial charge in [0.1, 0.15) is 5.54 Å². The lowest BCUT2D eigenvalue weighted by Crippen LogP contribution is -2.52. The van der Waals surface area contributed by atoms with E-state index in [1.165, 1.54) is 6.07 Å². The smallest absolute Gasteiger partial charge is 0.340 e. The van der Waals surface area contributed by atoms with Gasteiger partial charge in [-0.25, -0.2) is 18.6 Å². The maximum Gasteiger partial charge on any atom is 0.340 e. The number of carbonyl (C=O) groups excluding carboxylic acids is 1. The highest BCUT2D eigenvalue weighted by Gasteiger charge is 2.43. The Morgan fingerprint density at radius 3 is 2.44 bits per heavy atom. The van der Waals surface area contributed by atoms with Crippen molar-refractivity contribution in [2.24, 2.45) is 0 Å². The first kappa shape index (κ1) is 18.9. The average molecular weight is 364 g/mol. The number of carbonyl (C=O) groups is 2. The standard InChI is InChI=1S/C15H16F4N2O4/c16-12(17)15(18,19)8-25-10-4-3-9(7-20-10)11(22)21-14(13(23)24)5-1-2-6-14/h3-4,7,12H,1-2,5-6,8H2,(H,21,22)(H,23,24). The number of carboxylic acid groups (broad SMARTS) is 1. The van der Waals surface area contributed by atoms with E-state index in [1.807, 2.05) is 0 Å². The quantitative estimate of drug-likeness (QED) is 0.726. The highest BCUT2D eigenvalue weighted by Crippen LogP contribution is 2.30. The van der Waals surface area contributed by atoms with Crippen LogP contribution in [-0.4, -0.2) is 46.5 Å². The molecule has 1 amide bonds. The zero-order valence-electron chi connectivity index (χ0n) is 13.0. The van der Waals surface area contributed by atoms with Gasteiger partial charge in [0, 0.05) is 12.3 Å². The number of pyridine rings is 1. The number of hydrogen-bond donors (Lipinski definition) is 2. The lowest BCUT2D eigenvalue weighted by atomic mass is 9.97. The van der Waals surface area contributed by atoms with Gasteiger partial charge in [-0.05, 0) is 18.9 Å². The highest BCUT2D eigenvalue weighted by atomic mass is 19.3. The summed E-state index contributed by atoms with van der Waals surface area (Å²) in [4.78, 5) is 27.1. The van der Waals surface area contributed by atoms with Crippen molar-refractivity contribution in [3.05, 3.63) is 23.9 Å². The minimum Gasteiger partial charge on any atom is -0.480 e. The Hall–Kier alpha value is -2.39. The van der Waals surface area contributed by atoms with Crippen LogP contribution in [0.15, 0.2) is 18.3 Å². The SMILES string of the molecule is O=C(NC1(C(=O)O)CCCC1)c1ccc(OCC(F)(F)C(F)F)nc1. The monoisotopic (exact) mass is 364 g/mol. The van der Waals surface area contributed by atoms with E-state index < -0.39 is 36.4 Å². The summed E-state index contributed by atoms with van der Waals surface area (Å²) in [5.74, 6) is -6.47. The zero-order chi connectivity index (χ0) is 18.7. The number of alkyl halides is 4. The van der Waals surface area contributed by atoms with Gasteiger partial charge in [-0.15, -0.1) is 0 Å². The molecule has 0 saturated heterocycles. The minimum absolute atomic E-state index is 0.000458. The Labute approximate surface area is 140 Å². The fourth-order valence-corrected chi connectivity index (χ4v) is 2.49. The molecule has 2 N–H and O–H groups in total. The first-order valence-electron chi connectivity index (χ1n) is 7.47. The molecular formula is C15H16F4N2O4. The average Bonchev–Trinajstić information content (AvgIpc) is 3.03. The van der Waals surface area contributed by atoms with Crippen LogP contribution in [-0.2, 0) is 4.79 Å². The molecule has 1 saturated carbocycles. The van der Waals surface area contributed by atoms with Crippen LogP contribution in [0.1, 0.15) is 36.0 Å². The number of rotatable bonds is 7. The van der Waals surface area contributed by atoms with Gasteiger partial charge in [0.05, 0.1) is 5.56 Å². The molecule has 1 aliphatic rings. The molecular weight excluding hydrogens is 348 g/mol. The Morgan fingerprint density at radius 1 is 1.32 bits per heavy atom. The molecule has 10 heteroatoms. The van der Waals surface area contributed by atoms with Crippen LogP contribution in [0.4, 0.5) is 17.6 Å². The van der Waals surface area contributed by atoms with E-state index in [2.05, 4.69) is 15.0 Å². The molecule has 0 aliphatic heterocycles. The summed E-state index contributed by atoms with van der Waals surface area (Å²) in [5, 5.41) is 11.8. The molecule has 2 rings (SSSR count). The number of ether oxygens (including phenoxy) is 1. The molecule has 1 aliphatic carbocycles. The van der Waals surface area contributed by atoms with E-state index >= 15 is 0 Å². The lowest BCUT2D eigenvalue weighted by Gasteiger charge is -2.25. The number of hydrogen-bond acceptors (Lipinski definition) is 4. The summed E-state index contributed by atoms with van der Waals surface area (Å²) >= 11 is 0. The number of amides is 1. The topological polar surface area (TPSA) is 88.5 Å². The van der Waals surface area contributed by atoms with Gasteiger partial charge in [-0.3, -0.25) is 4.79 Å². The van der Waals surface area contributed by atoms with Crippen LogP contribution in [0, 0.1) is 0 Å². The maximum absolute atomic E-state index is 12.8. The Morgan fingerprint density at radius 2 is 1.96 bits per heavy atom. The van der Waals surface area contributed by atoms with Gasteiger partial charge >= 0.3 is 18.3 Å². The molecule has 6 nitrogen and oxygen atoms in total. The third-order valence-electron chi connectivity index (χ3n) is 3.95. The summed E-state index contributed by atoms with van der Waals surface area (Å²) in [7, 11) is 0. The number of carboxylic acids is 1. The van der Waals surface area contributed by atoms with Crippen molar-refractivity contribution in [2.75, 3.05) is 6.61 Å². The van der Waals surface area contributed by atoms with E-state index in [0.717, 1.165) is 12.3 Å². The molecule has 0 atom stereocenters. The van der Waals surface area contributed by atoms with Crippen molar-refractivity contribution in [2.45, 2.75) is 43.6 Å². The molecule has 138 valence electrons. The predicted molar refractivity (Wildman–Crippen MR) is 77.0 cm³/mol. The Kier molecular flexibility index (Phi) is 5.48. The van der Waals surface area contributed by atoms with Gasteiger partial charge < -0.3 is 15.2 Å². The fourth-order valence-electron chi connectivity index (χ4n) is 2.49. The van der Waals surface area contributed by atoms with E-state index in [1.54, 1.807) is 0 Å². The number of aliphatic carboxylic acids is 1. The van der Waals surface area contributed by atoms with E-state index in [0.29, 0.717) is 25.7 Å². The summed E-state index contributed by atoms with van der Waals surface area (Å²) in [6, 6.07) is 2.25. The molecule has 1 aromatic heterocycles. The number of nitrogens with zero attached hydrogens (tertiary/aromatic N) is 1. The van der Waals surface area contributed by atoms with Gasteiger partial charge in [-0.1, -0.05) is 12.8 Å². The molecule has 1 heterocycles. The largest absolute Gasteiger partial charge is 0.480 e. The molecule has 1 fully saturated rings. The Bertz CT molecular complexity index is 631. The normalized spacial score (nSPS) is 16.7. The van der Waals surface area contributed by atoms with Crippen molar-refractivity contribution < 1.29 is 37.0 Å². The molecule has 0 bridgehead atoms. The number of aromatic nitrogens is 1. The van der Waals surface area contributed by atoms with Crippen LogP contribution >= 0.6 is 0 Å². The van der Waals surface area contributed by atoms with Crippen LogP contribution in [0.5, 0.6) is 5.88 Å². The van der Waals surface area contributed by atoms with Gasteiger partial charge in [0.25, 0.3) is 5.91 Å². The van der Waals surface area contributed by atoms with E-state index in [4.69, 9.17) is 0 Å². The first-order chi connectivity index (χ1) is 11.7. The zero-order valence-corrected chi connectivity index (χ0v) is 13.0. The second kappa shape index (κ2) is 7.24. The van der Waals surface area contributed by atoms with Gasteiger partial charge in [0.2, 0.25) is 5.88 Å². The van der Waals surface area contributed by atoms with Crippen molar-refractivity contribution in [3.8, 4) is 5.88 Å². The van der Waals surface area contributed by atoms with Crippen LogP contribution in [0.3, 0.4) is 0 Å². The van der Waals surface area contributed by atoms with Crippen molar-refractivity contribution in [1.29, 1.82) is 0 Å². The van der Waals surface area contributed by atoms with Gasteiger partial charge in [0.15, 0.2) is 6.61 Å². The lowest BCUT2D eigenvalue weighted by molar-refractivity contribution is -0.148. The second-order valence-corrected chi connectivity index (χ2v) is 5.78. The summed E-state index contributed by atoms with van der Waals surface area (Å²) < 4.78 is 54.1. The van der Waals surface area contributed by atoms with Crippen LogP contribution < -0.4 is 10.1 Å². The van der Waals surface area contributed by atoms with Crippen molar-refractivity contribution in [1.82, 2.24) is 10.3 Å². The molecule has 0 aromatic carbocycles. The summed E-state index contributed by atoms with van der Waals surface area (Å²) in [6.07, 6.45) is -0.894.